The molecule has 0 aliphatic rings. The summed E-state index contributed by atoms with van der Waals surface area (Å²) in [4.78, 5) is 26.2. The Morgan fingerprint density at radius 2 is 1.96 bits per heavy atom. The van der Waals surface area contributed by atoms with Gasteiger partial charge in [-0.05, 0) is 35.9 Å². The van der Waals surface area contributed by atoms with E-state index in [-0.39, 0.29) is 5.69 Å². The van der Waals surface area contributed by atoms with Crippen molar-refractivity contribution >= 4 is 28.7 Å². The number of hydrazone groups is 1. The molecule has 0 unspecified atom stereocenters. The average Bonchev–Trinajstić information content (AvgIpc) is 2.61. The highest BCUT2D eigenvalue weighted by Crippen LogP contribution is 2.13. The summed E-state index contributed by atoms with van der Waals surface area (Å²) in [6, 6.07) is 14.7. The van der Waals surface area contributed by atoms with Gasteiger partial charge in [0.25, 0.3) is 11.6 Å². The fourth-order valence-corrected chi connectivity index (χ4v) is 2.14. The number of nitrogens with zero attached hydrogens (tertiary/aromatic N) is 3. The minimum absolute atomic E-state index is 0.0696. The van der Waals surface area contributed by atoms with Gasteiger partial charge in [-0.15, -0.1) is 0 Å². The summed E-state index contributed by atoms with van der Waals surface area (Å²) in [5.41, 5.74) is 4.31. The van der Waals surface area contributed by atoms with Crippen molar-refractivity contribution in [3.63, 3.8) is 0 Å². The van der Waals surface area contributed by atoms with E-state index in [0.29, 0.717) is 5.56 Å². The Labute approximate surface area is 136 Å². The van der Waals surface area contributed by atoms with Crippen LogP contribution in [0.15, 0.2) is 65.9 Å². The van der Waals surface area contributed by atoms with Gasteiger partial charge in [-0.25, -0.2) is 5.43 Å². The third-order valence-electron chi connectivity index (χ3n) is 3.35. The predicted molar refractivity (Wildman–Crippen MR) is 89.9 cm³/mol. The summed E-state index contributed by atoms with van der Waals surface area (Å²) in [5, 5.41) is 15.5. The zero-order chi connectivity index (χ0) is 16.9. The number of hydrogen-bond donors (Lipinski definition) is 1. The number of nitro groups is 1. The zero-order valence-electron chi connectivity index (χ0n) is 12.4. The first-order valence-corrected chi connectivity index (χ1v) is 7.06. The molecule has 0 radical (unpaired) electrons. The number of nitro benzene ring substituents is 1. The van der Waals surface area contributed by atoms with Crippen molar-refractivity contribution in [2.45, 2.75) is 0 Å². The van der Waals surface area contributed by atoms with Gasteiger partial charge in [0.05, 0.1) is 16.7 Å². The molecule has 3 rings (SSSR count). The van der Waals surface area contributed by atoms with Crippen LogP contribution < -0.4 is 5.43 Å². The molecule has 2 aromatic carbocycles. The number of benzene rings is 2. The van der Waals surface area contributed by atoms with Gasteiger partial charge in [0.15, 0.2) is 0 Å². The molecule has 1 amide bonds. The van der Waals surface area contributed by atoms with Crippen LogP contribution in [0.3, 0.4) is 0 Å². The van der Waals surface area contributed by atoms with E-state index in [1.807, 2.05) is 30.3 Å². The monoisotopic (exact) mass is 320 g/mol. The van der Waals surface area contributed by atoms with Crippen molar-refractivity contribution in [2.24, 2.45) is 5.10 Å². The van der Waals surface area contributed by atoms with Crippen molar-refractivity contribution in [3.8, 4) is 0 Å². The normalized spacial score (nSPS) is 10.8. The van der Waals surface area contributed by atoms with E-state index in [1.165, 1.54) is 30.5 Å². The average molecular weight is 320 g/mol. The van der Waals surface area contributed by atoms with Crippen molar-refractivity contribution in [1.29, 1.82) is 0 Å². The first-order chi connectivity index (χ1) is 11.6. The molecule has 0 atom stereocenters. The number of aromatic nitrogens is 1. The van der Waals surface area contributed by atoms with Crippen LogP contribution in [0.1, 0.15) is 15.9 Å². The van der Waals surface area contributed by atoms with Crippen molar-refractivity contribution in [1.82, 2.24) is 10.4 Å². The van der Waals surface area contributed by atoms with E-state index in [9.17, 15) is 14.9 Å². The summed E-state index contributed by atoms with van der Waals surface area (Å²) in [6.45, 7) is 0. The third kappa shape index (κ3) is 3.41. The summed E-state index contributed by atoms with van der Waals surface area (Å²) >= 11 is 0. The van der Waals surface area contributed by atoms with Crippen LogP contribution in [0.5, 0.6) is 0 Å². The van der Waals surface area contributed by atoms with Crippen LogP contribution in [-0.4, -0.2) is 22.0 Å². The van der Waals surface area contributed by atoms with Crippen LogP contribution in [0.2, 0.25) is 0 Å². The topological polar surface area (TPSA) is 97.5 Å². The lowest BCUT2D eigenvalue weighted by molar-refractivity contribution is -0.384. The van der Waals surface area contributed by atoms with Gasteiger partial charge >= 0.3 is 0 Å². The number of carbonyl (C=O) groups is 1. The van der Waals surface area contributed by atoms with E-state index in [4.69, 9.17) is 0 Å². The number of pyridine rings is 1. The highest BCUT2D eigenvalue weighted by atomic mass is 16.6. The van der Waals surface area contributed by atoms with Crippen molar-refractivity contribution < 1.29 is 9.72 Å². The van der Waals surface area contributed by atoms with E-state index in [1.54, 1.807) is 6.20 Å². The lowest BCUT2D eigenvalue weighted by Crippen LogP contribution is -2.17. The largest absolute Gasteiger partial charge is 0.271 e. The van der Waals surface area contributed by atoms with Gasteiger partial charge in [0.2, 0.25) is 0 Å². The number of non-ortho nitro benzene ring substituents is 1. The van der Waals surface area contributed by atoms with Gasteiger partial charge in [0, 0.05) is 29.3 Å². The summed E-state index contributed by atoms with van der Waals surface area (Å²) in [6.07, 6.45) is 3.25. The summed E-state index contributed by atoms with van der Waals surface area (Å²) < 4.78 is 0. The Kier molecular flexibility index (Phi) is 4.24. The van der Waals surface area contributed by atoms with E-state index in [2.05, 4.69) is 15.5 Å². The molecule has 0 saturated carbocycles. The maximum atomic E-state index is 11.9. The minimum atomic E-state index is -0.519. The highest BCUT2D eigenvalue weighted by molar-refractivity contribution is 5.95. The highest BCUT2D eigenvalue weighted by Gasteiger charge is 2.08. The standard InChI is InChI=1S/C17H12N4O3/c22-17(13-4-6-15(7-5-13)21(23)24)20-19-11-12-3-8-16-14(10-12)2-1-9-18-16/h1-11H,(H,20,22). The first-order valence-electron chi connectivity index (χ1n) is 7.06. The number of hydrogen-bond acceptors (Lipinski definition) is 5. The molecule has 1 heterocycles. The van der Waals surface area contributed by atoms with E-state index < -0.39 is 10.8 Å². The van der Waals surface area contributed by atoms with Crippen LogP contribution >= 0.6 is 0 Å². The molecule has 1 aromatic heterocycles. The number of rotatable bonds is 4. The molecule has 0 aliphatic carbocycles. The van der Waals surface area contributed by atoms with Crippen molar-refractivity contribution in [3.05, 3.63) is 82.0 Å². The van der Waals surface area contributed by atoms with Gasteiger partial charge in [-0.3, -0.25) is 19.9 Å². The Balaban J connectivity index is 1.68. The zero-order valence-corrected chi connectivity index (χ0v) is 12.4. The Bertz CT molecular complexity index is 936. The van der Waals surface area contributed by atoms with Crippen LogP contribution in [0.4, 0.5) is 5.69 Å². The van der Waals surface area contributed by atoms with Gasteiger partial charge in [-0.2, -0.15) is 5.10 Å². The molecule has 0 spiro atoms. The van der Waals surface area contributed by atoms with E-state index in [0.717, 1.165) is 16.5 Å². The molecule has 1 N–H and O–H groups in total. The van der Waals surface area contributed by atoms with Gasteiger partial charge < -0.3 is 0 Å². The van der Waals surface area contributed by atoms with Gasteiger partial charge in [-0.1, -0.05) is 12.1 Å². The molecular weight excluding hydrogens is 308 g/mol. The van der Waals surface area contributed by atoms with Crippen LogP contribution in [-0.2, 0) is 0 Å². The predicted octanol–water partition coefficient (Wildman–Crippen LogP) is 2.91. The van der Waals surface area contributed by atoms with Gasteiger partial charge in [0.1, 0.15) is 0 Å². The van der Waals surface area contributed by atoms with E-state index >= 15 is 0 Å². The maximum absolute atomic E-state index is 11.9. The molecule has 0 aliphatic heterocycles. The number of fused-ring (bicyclic) bond motifs is 1. The van der Waals surface area contributed by atoms with Crippen LogP contribution in [0, 0.1) is 10.1 Å². The molecule has 0 fully saturated rings. The van der Waals surface area contributed by atoms with Crippen LogP contribution in [0.25, 0.3) is 10.9 Å². The molecule has 7 nitrogen and oxygen atoms in total. The Morgan fingerprint density at radius 1 is 1.17 bits per heavy atom. The molecule has 7 heteroatoms. The summed E-state index contributed by atoms with van der Waals surface area (Å²) in [5.74, 6) is -0.441. The fraction of sp³-hybridized carbons (Fsp3) is 0. The number of carbonyl (C=O) groups excluding carboxylic acids is 1. The maximum Gasteiger partial charge on any atom is 0.271 e. The second-order valence-corrected chi connectivity index (χ2v) is 4.96. The Hall–Kier alpha value is -3.61. The SMILES string of the molecule is O=C(NN=Cc1ccc2ncccc2c1)c1ccc([N+](=O)[O-])cc1. The minimum Gasteiger partial charge on any atom is -0.267 e. The lowest BCUT2D eigenvalue weighted by atomic mass is 10.1. The third-order valence-corrected chi connectivity index (χ3v) is 3.35. The second-order valence-electron chi connectivity index (χ2n) is 4.96. The number of amides is 1. The molecule has 24 heavy (non-hydrogen) atoms. The quantitative estimate of drug-likeness (QED) is 0.454. The Morgan fingerprint density at radius 3 is 2.71 bits per heavy atom. The molecule has 0 saturated heterocycles. The molecule has 118 valence electrons. The number of nitrogens with one attached hydrogen (secondary N) is 1. The lowest BCUT2D eigenvalue weighted by Gasteiger charge is -2.00. The second kappa shape index (κ2) is 6.66. The first kappa shape index (κ1) is 15.3. The molecule has 0 bridgehead atoms. The molecule has 3 aromatic rings. The molecular formula is C17H12N4O3. The fourth-order valence-electron chi connectivity index (χ4n) is 2.14. The van der Waals surface area contributed by atoms with Crippen molar-refractivity contribution in [2.75, 3.05) is 0 Å². The smallest absolute Gasteiger partial charge is 0.267 e. The summed E-state index contributed by atoms with van der Waals surface area (Å²) in [7, 11) is 0.